The second-order valence-corrected chi connectivity index (χ2v) is 4.96. The number of alkyl halides is 3. The van der Waals surface area contributed by atoms with Gasteiger partial charge < -0.3 is 0 Å². The van der Waals surface area contributed by atoms with Crippen LogP contribution in [0.4, 0.5) is 18.3 Å². The summed E-state index contributed by atoms with van der Waals surface area (Å²) < 4.78 is 42.1. The lowest BCUT2D eigenvalue weighted by molar-refractivity contribution is -0.137. The SMILES string of the molecule is O=C(Nc1nnns1)c1ccc(Br)cc1C(F)(F)F. The Morgan fingerprint density at radius 1 is 1.37 bits per heavy atom. The number of benzene rings is 1. The maximum absolute atomic E-state index is 12.8. The van der Waals surface area contributed by atoms with E-state index < -0.39 is 23.2 Å². The number of carbonyl (C=O) groups is 1. The van der Waals surface area contributed by atoms with Crippen LogP contribution in [0, 0.1) is 0 Å². The Morgan fingerprint density at radius 2 is 2.11 bits per heavy atom. The van der Waals surface area contributed by atoms with Crippen molar-refractivity contribution in [1.82, 2.24) is 14.8 Å². The molecule has 1 heterocycles. The maximum atomic E-state index is 12.8. The highest BCUT2D eigenvalue weighted by Gasteiger charge is 2.35. The van der Waals surface area contributed by atoms with Crippen LogP contribution in [0.3, 0.4) is 0 Å². The smallest absolute Gasteiger partial charge is 0.295 e. The normalized spacial score (nSPS) is 11.4. The molecule has 0 spiro atoms. The third-order valence-electron chi connectivity index (χ3n) is 2.05. The van der Waals surface area contributed by atoms with Gasteiger partial charge in [0.2, 0.25) is 5.13 Å². The molecule has 0 unspecified atom stereocenters. The minimum Gasteiger partial charge on any atom is -0.295 e. The maximum Gasteiger partial charge on any atom is 0.417 e. The van der Waals surface area contributed by atoms with Crippen LogP contribution in [0.25, 0.3) is 0 Å². The lowest BCUT2D eigenvalue weighted by Crippen LogP contribution is -2.18. The van der Waals surface area contributed by atoms with Gasteiger partial charge in [0.05, 0.1) is 11.1 Å². The van der Waals surface area contributed by atoms with Crippen molar-refractivity contribution in [2.45, 2.75) is 6.18 Å². The molecule has 19 heavy (non-hydrogen) atoms. The number of anilines is 1. The number of carbonyl (C=O) groups excluding carboxylic acids is 1. The Kier molecular flexibility index (Phi) is 3.80. The zero-order chi connectivity index (χ0) is 14.0. The number of nitrogens with zero attached hydrogens (tertiary/aromatic N) is 3. The number of nitrogens with one attached hydrogen (secondary N) is 1. The fraction of sp³-hybridized carbons (Fsp3) is 0.111. The molecule has 0 bridgehead atoms. The molecule has 1 aromatic carbocycles. The van der Waals surface area contributed by atoms with Crippen LogP contribution in [0.15, 0.2) is 22.7 Å². The minimum absolute atomic E-state index is 0.0287. The molecule has 2 rings (SSSR count). The van der Waals surface area contributed by atoms with E-state index in [-0.39, 0.29) is 9.60 Å². The van der Waals surface area contributed by atoms with Crippen molar-refractivity contribution in [1.29, 1.82) is 0 Å². The summed E-state index contributed by atoms with van der Waals surface area (Å²) in [5, 5.41) is 8.88. The lowest BCUT2D eigenvalue weighted by atomic mass is 10.1. The fourth-order valence-corrected chi connectivity index (χ4v) is 2.02. The molecule has 0 atom stereocenters. The van der Waals surface area contributed by atoms with Gasteiger partial charge in [-0.15, -0.1) is 0 Å². The van der Waals surface area contributed by atoms with Gasteiger partial charge in [0.1, 0.15) is 0 Å². The fourth-order valence-electron chi connectivity index (χ4n) is 1.30. The van der Waals surface area contributed by atoms with E-state index in [0.29, 0.717) is 0 Å². The number of hydrogen-bond acceptors (Lipinski definition) is 5. The van der Waals surface area contributed by atoms with Gasteiger partial charge in [-0.1, -0.05) is 25.5 Å². The number of halogens is 4. The summed E-state index contributed by atoms with van der Waals surface area (Å²) in [6, 6.07) is 3.27. The molecule has 1 N–H and O–H groups in total. The molecule has 0 saturated carbocycles. The van der Waals surface area contributed by atoms with Crippen molar-refractivity contribution in [2.75, 3.05) is 5.32 Å². The predicted molar refractivity (Wildman–Crippen MR) is 64.8 cm³/mol. The van der Waals surface area contributed by atoms with Gasteiger partial charge in [-0.25, -0.2) is 0 Å². The molecule has 0 aliphatic rings. The predicted octanol–water partition coefficient (Wildman–Crippen LogP) is 2.97. The molecule has 0 radical (unpaired) electrons. The summed E-state index contributed by atoms with van der Waals surface area (Å²) in [4.78, 5) is 11.8. The van der Waals surface area contributed by atoms with Gasteiger partial charge in [0, 0.05) is 16.0 Å². The molecule has 0 aliphatic carbocycles. The average molecular weight is 353 g/mol. The van der Waals surface area contributed by atoms with E-state index >= 15 is 0 Å². The van der Waals surface area contributed by atoms with Crippen LogP contribution in [-0.2, 0) is 6.18 Å². The zero-order valence-electron chi connectivity index (χ0n) is 8.90. The average Bonchev–Trinajstić information content (AvgIpc) is 2.80. The van der Waals surface area contributed by atoms with E-state index in [9.17, 15) is 18.0 Å². The van der Waals surface area contributed by atoms with Crippen molar-refractivity contribution in [3.05, 3.63) is 33.8 Å². The molecule has 10 heteroatoms. The number of aromatic nitrogens is 3. The van der Waals surface area contributed by atoms with Crippen LogP contribution in [0.1, 0.15) is 15.9 Å². The Morgan fingerprint density at radius 3 is 2.68 bits per heavy atom. The third kappa shape index (κ3) is 3.26. The standard InChI is InChI=1S/C9H4BrF3N4OS/c10-4-1-2-5(6(3-4)9(11,12)13)7(18)14-8-15-16-17-19-8/h1-3H,(H,14,15,17,18). The molecule has 100 valence electrons. The van der Waals surface area contributed by atoms with E-state index in [2.05, 4.69) is 36.0 Å². The zero-order valence-corrected chi connectivity index (χ0v) is 11.3. The molecule has 2 aromatic rings. The topological polar surface area (TPSA) is 67.8 Å². The van der Waals surface area contributed by atoms with E-state index in [1.54, 1.807) is 0 Å². The van der Waals surface area contributed by atoms with Gasteiger partial charge in [-0.2, -0.15) is 13.2 Å². The van der Waals surface area contributed by atoms with Crippen molar-refractivity contribution < 1.29 is 18.0 Å². The van der Waals surface area contributed by atoms with E-state index in [1.807, 2.05) is 0 Å². The number of rotatable bonds is 2. The summed E-state index contributed by atoms with van der Waals surface area (Å²) in [5.74, 6) is -0.918. The Bertz CT molecular complexity index is 602. The van der Waals surface area contributed by atoms with E-state index in [1.165, 1.54) is 6.07 Å². The minimum atomic E-state index is -4.63. The summed E-state index contributed by atoms with van der Waals surface area (Å²) in [6.45, 7) is 0. The Balaban J connectivity index is 2.36. The van der Waals surface area contributed by atoms with Gasteiger partial charge in [-0.3, -0.25) is 10.1 Å². The quantitative estimate of drug-likeness (QED) is 0.902. The first-order chi connectivity index (χ1) is 8.88. The van der Waals surface area contributed by atoms with Crippen molar-refractivity contribution in [2.24, 2.45) is 0 Å². The van der Waals surface area contributed by atoms with E-state index in [0.717, 1.165) is 23.7 Å². The second-order valence-electron chi connectivity index (χ2n) is 3.31. The first-order valence-corrected chi connectivity index (χ1v) is 6.27. The summed E-state index contributed by atoms with van der Waals surface area (Å²) in [6.07, 6.45) is -4.63. The van der Waals surface area contributed by atoms with Crippen LogP contribution in [0.5, 0.6) is 0 Å². The van der Waals surface area contributed by atoms with Crippen molar-refractivity contribution in [3.8, 4) is 0 Å². The van der Waals surface area contributed by atoms with E-state index in [4.69, 9.17) is 0 Å². The Hall–Kier alpha value is -1.55. The van der Waals surface area contributed by atoms with Crippen LogP contribution >= 0.6 is 27.5 Å². The van der Waals surface area contributed by atoms with Crippen LogP contribution in [-0.4, -0.2) is 20.7 Å². The molecule has 1 amide bonds. The summed E-state index contributed by atoms with van der Waals surface area (Å²) >= 11 is 3.70. The van der Waals surface area contributed by atoms with Gasteiger partial charge >= 0.3 is 6.18 Å². The highest BCUT2D eigenvalue weighted by atomic mass is 79.9. The molecule has 0 aliphatic heterocycles. The molecule has 0 fully saturated rings. The molecule has 1 aromatic heterocycles. The largest absolute Gasteiger partial charge is 0.417 e. The molecular weight excluding hydrogens is 349 g/mol. The molecule has 0 saturated heterocycles. The van der Waals surface area contributed by atoms with Gasteiger partial charge in [-0.05, 0) is 23.4 Å². The molecular formula is C9H4BrF3N4OS. The second kappa shape index (κ2) is 5.21. The third-order valence-corrected chi connectivity index (χ3v) is 3.06. The monoisotopic (exact) mass is 352 g/mol. The highest BCUT2D eigenvalue weighted by molar-refractivity contribution is 9.10. The van der Waals surface area contributed by atoms with Gasteiger partial charge in [0.25, 0.3) is 5.91 Å². The number of hydrogen-bond donors (Lipinski definition) is 1. The van der Waals surface area contributed by atoms with Gasteiger partial charge in [0.15, 0.2) is 0 Å². The van der Waals surface area contributed by atoms with Crippen molar-refractivity contribution in [3.63, 3.8) is 0 Å². The lowest BCUT2D eigenvalue weighted by Gasteiger charge is -2.12. The summed E-state index contributed by atoms with van der Waals surface area (Å²) in [5.41, 5.74) is -1.53. The number of amides is 1. The molecule has 5 nitrogen and oxygen atoms in total. The highest BCUT2D eigenvalue weighted by Crippen LogP contribution is 2.34. The van der Waals surface area contributed by atoms with Crippen LogP contribution < -0.4 is 5.32 Å². The van der Waals surface area contributed by atoms with Crippen LogP contribution in [0.2, 0.25) is 0 Å². The first kappa shape index (κ1) is 13.9. The van der Waals surface area contributed by atoms with Crippen molar-refractivity contribution >= 4 is 38.5 Å². The first-order valence-electron chi connectivity index (χ1n) is 4.71. The Labute approximate surface area is 117 Å². The summed E-state index contributed by atoms with van der Waals surface area (Å²) in [7, 11) is 0.